The molecule has 0 aromatic carbocycles. The summed E-state index contributed by atoms with van der Waals surface area (Å²) in [4.78, 5) is 72.9. The molecular formula is C85H138O17P2. The maximum Gasteiger partial charge on any atom is 0.472 e. The van der Waals surface area contributed by atoms with Crippen molar-refractivity contribution in [2.24, 2.45) is 0 Å². The molecule has 5 unspecified atom stereocenters. The lowest BCUT2D eigenvalue weighted by molar-refractivity contribution is -0.161. The first-order valence-corrected chi connectivity index (χ1v) is 42.4. The minimum Gasteiger partial charge on any atom is -0.462 e. The van der Waals surface area contributed by atoms with Crippen molar-refractivity contribution in [3.05, 3.63) is 170 Å². The molecule has 17 nitrogen and oxygen atoms in total. The number of hydrogen-bond donors (Lipinski definition) is 3. The number of carbonyl (C=O) groups is 4. The van der Waals surface area contributed by atoms with E-state index in [9.17, 15) is 43.2 Å². The first-order valence-electron chi connectivity index (χ1n) is 39.4. The molecule has 0 aliphatic carbocycles. The second kappa shape index (κ2) is 75.6. The Morgan fingerprint density at radius 2 is 0.519 bits per heavy atom. The number of rotatable bonds is 72. The van der Waals surface area contributed by atoms with Crippen LogP contribution in [0, 0.1) is 0 Å². The summed E-state index contributed by atoms with van der Waals surface area (Å²) in [6.07, 6.45) is 89.4. The highest BCUT2D eigenvalue weighted by atomic mass is 31.2. The van der Waals surface area contributed by atoms with E-state index in [1.165, 1.54) is 51.4 Å². The maximum absolute atomic E-state index is 13.1. The number of aliphatic hydroxyl groups excluding tert-OH is 1. The first-order chi connectivity index (χ1) is 50.7. The van der Waals surface area contributed by atoms with E-state index in [1.54, 1.807) is 0 Å². The number of allylic oxidation sites excluding steroid dienone is 28. The van der Waals surface area contributed by atoms with Crippen molar-refractivity contribution in [1.29, 1.82) is 0 Å². The van der Waals surface area contributed by atoms with Gasteiger partial charge in [-0.3, -0.25) is 37.3 Å². The fraction of sp³-hybridized carbons (Fsp3) is 0.624. The van der Waals surface area contributed by atoms with E-state index in [4.69, 9.17) is 37.0 Å². The largest absolute Gasteiger partial charge is 0.472 e. The Kier molecular flexibility index (Phi) is 71.6. The minimum absolute atomic E-state index is 0.0137. The Hall–Kier alpha value is -5.58. The Bertz CT molecular complexity index is 2640. The number of esters is 4. The van der Waals surface area contributed by atoms with Crippen LogP contribution in [0.1, 0.15) is 285 Å². The van der Waals surface area contributed by atoms with Crippen LogP contribution in [0.3, 0.4) is 0 Å². The lowest BCUT2D eigenvalue weighted by Crippen LogP contribution is -2.30. The molecule has 3 N–H and O–H groups in total. The molecule has 0 rings (SSSR count). The minimum atomic E-state index is -5.02. The van der Waals surface area contributed by atoms with Gasteiger partial charge in [0.25, 0.3) is 0 Å². The number of phosphoric acid groups is 2. The summed E-state index contributed by atoms with van der Waals surface area (Å²) in [5.41, 5.74) is 0. The SMILES string of the molecule is CC/C=C\C/C=C\C/C=C\C/C=C\C/C=C\C/C=C\CCC(=O)OCC(COP(=O)(O)OCC(O)COP(=O)(O)OCC(COC(=O)CCCCCCC/C=C\CCCCCC)OC(=O)CCCCCCC/C=C\CCCCCC)OC(=O)CC/C=C\C/C=C\C/C=C\C/C=C\C/C=C\C/C=C\CC. The van der Waals surface area contributed by atoms with E-state index in [-0.39, 0.29) is 25.7 Å². The van der Waals surface area contributed by atoms with Gasteiger partial charge in [-0.15, -0.1) is 0 Å². The molecular weight excluding hydrogens is 1350 g/mol. The van der Waals surface area contributed by atoms with Crippen LogP contribution in [0.2, 0.25) is 0 Å². The fourth-order valence-corrected chi connectivity index (χ4v) is 11.3. The predicted octanol–water partition coefficient (Wildman–Crippen LogP) is 23.0. The van der Waals surface area contributed by atoms with Crippen molar-refractivity contribution < 1.29 is 80.2 Å². The summed E-state index contributed by atoms with van der Waals surface area (Å²) >= 11 is 0. The van der Waals surface area contributed by atoms with Gasteiger partial charge >= 0.3 is 39.5 Å². The van der Waals surface area contributed by atoms with Crippen molar-refractivity contribution in [3.8, 4) is 0 Å². The zero-order chi connectivity index (χ0) is 76.0. The van der Waals surface area contributed by atoms with E-state index in [0.29, 0.717) is 38.5 Å². The molecule has 590 valence electrons. The molecule has 0 saturated carbocycles. The summed E-state index contributed by atoms with van der Waals surface area (Å²) in [5, 5.41) is 10.6. The zero-order valence-electron chi connectivity index (χ0n) is 64.4. The van der Waals surface area contributed by atoms with Gasteiger partial charge in [0.1, 0.15) is 19.3 Å². The Labute approximate surface area is 629 Å². The maximum atomic E-state index is 13.1. The number of phosphoric ester groups is 2. The predicted molar refractivity (Wildman–Crippen MR) is 426 cm³/mol. The molecule has 5 atom stereocenters. The number of unbranched alkanes of at least 4 members (excludes halogenated alkanes) is 18. The van der Waals surface area contributed by atoms with E-state index in [2.05, 4.69) is 161 Å². The monoisotopic (exact) mass is 1490 g/mol. The molecule has 0 aromatic rings. The van der Waals surface area contributed by atoms with Crippen molar-refractivity contribution >= 4 is 39.5 Å². The van der Waals surface area contributed by atoms with E-state index < -0.39 is 97.5 Å². The molecule has 104 heavy (non-hydrogen) atoms. The van der Waals surface area contributed by atoms with Crippen molar-refractivity contribution in [1.82, 2.24) is 0 Å². The average molecular weight is 1490 g/mol. The summed E-state index contributed by atoms with van der Waals surface area (Å²) < 4.78 is 68.4. The quantitative estimate of drug-likeness (QED) is 0.0169. The molecule has 0 bridgehead atoms. The Balaban J connectivity index is 5.52. The molecule has 0 aliphatic heterocycles. The highest BCUT2D eigenvalue weighted by Crippen LogP contribution is 2.45. The molecule has 0 fully saturated rings. The molecule has 0 aliphatic rings. The number of ether oxygens (including phenoxy) is 4. The van der Waals surface area contributed by atoms with Gasteiger partial charge < -0.3 is 33.8 Å². The third-order valence-corrected chi connectivity index (χ3v) is 17.6. The van der Waals surface area contributed by atoms with Crippen LogP contribution in [0.5, 0.6) is 0 Å². The van der Waals surface area contributed by atoms with Crippen LogP contribution in [-0.2, 0) is 65.4 Å². The molecule has 0 spiro atoms. The fourth-order valence-electron chi connectivity index (χ4n) is 9.73. The van der Waals surface area contributed by atoms with Crippen LogP contribution in [0.15, 0.2) is 170 Å². The number of hydrogen-bond acceptors (Lipinski definition) is 15. The van der Waals surface area contributed by atoms with E-state index in [0.717, 1.165) is 141 Å². The van der Waals surface area contributed by atoms with Gasteiger partial charge in [0.2, 0.25) is 0 Å². The molecule has 0 amide bonds. The van der Waals surface area contributed by atoms with E-state index >= 15 is 0 Å². The van der Waals surface area contributed by atoms with Crippen molar-refractivity contribution in [2.45, 2.75) is 303 Å². The van der Waals surface area contributed by atoms with Gasteiger partial charge in [-0.05, 0) is 154 Å². The normalized spacial score (nSPS) is 14.8. The Morgan fingerprint density at radius 3 is 0.846 bits per heavy atom. The third kappa shape index (κ3) is 74.7. The average Bonchev–Trinajstić information content (AvgIpc) is 0.906. The summed E-state index contributed by atoms with van der Waals surface area (Å²) in [6, 6.07) is 0. The second-order valence-corrected chi connectivity index (χ2v) is 28.4. The lowest BCUT2D eigenvalue weighted by Gasteiger charge is -2.21. The van der Waals surface area contributed by atoms with Crippen LogP contribution >= 0.6 is 15.6 Å². The summed E-state index contributed by atoms with van der Waals surface area (Å²) in [7, 11) is -10.0. The molecule has 0 aromatic heterocycles. The van der Waals surface area contributed by atoms with Gasteiger partial charge in [-0.2, -0.15) is 0 Å². The summed E-state index contributed by atoms with van der Waals surface area (Å²) in [5.74, 6) is -2.40. The number of carbonyl (C=O) groups excluding carboxylic acids is 4. The van der Waals surface area contributed by atoms with Crippen LogP contribution in [0.4, 0.5) is 0 Å². The van der Waals surface area contributed by atoms with Gasteiger partial charge in [0.15, 0.2) is 12.2 Å². The number of aliphatic hydroxyl groups is 1. The standard InChI is InChI=1S/C85H138O17P2/c1-5-9-13-17-21-25-29-33-35-37-39-41-43-47-50-54-58-62-66-70-83(88)96-76-81(102-85(90)72-68-64-60-56-52-48-44-42-40-38-36-34-30-26-22-18-14-10-6-2)78-100-104(93,94)98-74-79(86)73-97-103(91,92)99-77-80(101-84(89)71-67-63-59-55-51-46-32-28-24-20-16-12-8-4)75-95-82(87)69-65-61-57-53-49-45-31-27-23-19-15-11-7-3/h9-10,13-14,21-22,25-28,31-36,39-42,47-48,50,52,58,60,62,64,79-81,86H,5-8,11-12,15-20,23-24,29-30,37-38,43-46,49,51,53-57,59,61,63,65-78H2,1-4H3,(H,91,92)(H,93,94)/b13-9-,14-10-,25-21-,26-22-,31-27-,32-28-,35-33-,36-34-,41-39-,42-40-,50-47-,52-48-,62-58-,64-60-. The molecule has 0 heterocycles. The van der Waals surface area contributed by atoms with Crippen LogP contribution in [0.25, 0.3) is 0 Å². The van der Waals surface area contributed by atoms with Gasteiger partial charge in [0, 0.05) is 25.7 Å². The Morgan fingerprint density at radius 1 is 0.279 bits per heavy atom. The van der Waals surface area contributed by atoms with Crippen molar-refractivity contribution in [3.63, 3.8) is 0 Å². The third-order valence-electron chi connectivity index (χ3n) is 15.7. The smallest absolute Gasteiger partial charge is 0.462 e. The zero-order valence-corrected chi connectivity index (χ0v) is 66.2. The highest BCUT2D eigenvalue weighted by molar-refractivity contribution is 7.47. The van der Waals surface area contributed by atoms with Crippen LogP contribution in [-0.4, -0.2) is 96.7 Å². The van der Waals surface area contributed by atoms with Crippen molar-refractivity contribution in [2.75, 3.05) is 39.6 Å². The molecule has 0 radical (unpaired) electrons. The lowest BCUT2D eigenvalue weighted by atomic mass is 10.1. The van der Waals surface area contributed by atoms with Gasteiger partial charge in [0.05, 0.1) is 26.4 Å². The van der Waals surface area contributed by atoms with Gasteiger partial charge in [-0.25, -0.2) is 9.13 Å². The highest BCUT2D eigenvalue weighted by Gasteiger charge is 2.30. The van der Waals surface area contributed by atoms with Gasteiger partial charge in [-0.1, -0.05) is 275 Å². The summed E-state index contributed by atoms with van der Waals surface area (Å²) in [6.45, 7) is 4.40. The topological polar surface area (TPSA) is 237 Å². The molecule has 0 saturated heterocycles. The second-order valence-electron chi connectivity index (χ2n) is 25.5. The first kappa shape index (κ1) is 98.4. The van der Waals surface area contributed by atoms with E-state index in [1.807, 2.05) is 36.5 Å². The van der Waals surface area contributed by atoms with Crippen LogP contribution < -0.4 is 0 Å². The molecule has 19 heteroatoms.